The number of benzene rings is 2. The van der Waals surface area contributed by atoms with Crippen LogP contribution in [-0.2, 0) is 0 Å². The minimum atomic E-state index is -4.76. The molecule has 7 heteroatoms. The van der Waals surface area contributed by atoms with Crippen molar-refractivity contribution < 1.29 is 27.4 Å². The Morgan fingerprint density at radius 1 is 1.09 bits per heavy atom. The van der Waals surface area contributed by atoms with Gasteiger partial charge >= 0.3 is 6.36 Å². The summed E-state index contributed by atoms with van der Waals surface area (Å²) in [6, 6.07) is 11.5. The van der Waals surface area contributed by atoms with Crippen LogP contribution in [0.1, 0.15) is 17.3 Å². The Hall–Kier alpha value is -2.70. The van der Waals surface area contributed by atoms with Gasteiger partial charge in [0.2, 0.25) is 0 Å². The van der Waals surface area contributed by atoms with Crippen LogP contribution in [0, 0.1) is 0 Å². The minimum Gasteiger partial charge on any atom is -0.492 e. The van der Waals surface area contributed by atoms with Gasteiger partial charge in [-0.1, -0.05) is 12.1 Å². The van der Waals surface area contributed by atoms with Gasteiger partial charge in [0, 0.05) is 5.56 Å². The highest BCUT2D eigenvalue weighted by Crippen LogP contribution is 2.25. The first-order valence-electron chi connectivity index (χ1n) is 6.78. The normalized spacial score (nSPS) is 11.0. The van der Waals surface area contributed by atoms with E-state index < -0.39 is 12.3 Å². The third-order valence-electron chi connectivity index (χ3n) is 2.79. The summed E-state index contributed by atoms with van der Waals surface area (Å²) in [5.41, 5.74) is 0.681. The first kappa shape index (κ1) is 16.7. The van der Waals surface area contributed by atoms with Crippen molar-refractivity contribution >= 4 is 11.6 Å². The Balaban J connectivity index is 2.09. The van der Waals surface area contributed by atoms with E-state index in [1.807, 2.05) is 6.92 Å². The number of amides is 1. The van der Waals surface area contributed by atoms with E-state index in [9.17, 15) is 18.0 Å². The van der Waals surface area contributed by atoms with Crippen LogP contribution in [0.2, 0.25) is 0 Å². The number of carbonyl (C=O) groups excluding carboxylic acids is 1. The van der Waals surface area contributed by atoms with E-state index in [0.29, 0.717) is 18.0 Å². The van der Waals surface area contributed by atoms with E-state index in [0.717, 1.165) is 12.1 Å². The van der Waals surface area contributed by atoms with E-state index in [-0.39, 0.29) is 11.3 Å². The van der Waals surface area contributed by atoms with Crippen molar-refractivity contribution in [2.75, 3.05) is 11.9 Å². The molecule has 122 valence electrons. The summed E-state index contributed by atoms with van der Waals surface area (Å²) in [4.78, 5) is 12.1. The van der Waals surface area contributed by atoms with Crippen molar-refractivity contribution in [2.24, 2.45) is 0 Å². The minimum absolute atomic E-state index is 0.200. The second-order valence-electron chi connectivity index (χ2n) is 4.46. The van der Waals surface area contributed by atoms with Gasteiger partial charge in [-0.25, -0.2) is 0 Å². The maximum Gasteiger partial charge on any atom is 0.573 e. The Morgan fingerprint density at radius 3 is 2.35 bits per heavy atom. The Kier molecular flexibility index (Phi) is 5.10. The summed E-state index contributed by atoms with van der Waals surface area (Å²) in [5.74, 6) is -0.333. The van der Waals surface area contributed by atoms with Crippen molar-refractivity contribution in [2.45, 2.75) is 13.3 Å². The molecule has 0 unspecified atom stereocenters. The zero-order valence-electron chi connectivity index (χ0n) is 12.2. The molecule has 0 atom stereocenters. The lowest BCUT2D eigenvalue weighted by molar-refractivity contribution is -0.274. The number of anilines is 1. The Bertz CT molecular complexity index is 669. The fourth-order valence-electron chi connectivity index (χ4n) is 1.85. The third kappa shape index (κ3) is 4.91. The number of hydrogen-bond acceptors (Lipinski definition) is 3. The molecule has 0 saturated heterocycles. The maximum absolute atomic E-state index is 12.1. The van der Waals surface area contributed by atoms with Crippen LogP contribution in [0.25, 0.3) is 0 Å². The molecule has 0 heterocycles. The lowest BCUT2D eigenvalue weighted by Crippen LogP contribution is -2.17. The fraction of sp³-hybridized carbons (Fsp3) is 0.188. The second kappa shape index (κ2) is 7.04. The van der Waals surface area contributed by atoms with Crippen molar-refractivity contribution in [1.82, 2.24) is 0 Å². The highest BCUT2D eigenvalue weighted by Gasteiger charge is 2.31. The van der Waals surface area contributed by atoms with Crippen LogP contribution in [0.5, 0.6) is 11.5 Å². The van der Waals surface area contributed by atoms with Crippen LogP contribution < -0.4 is 14.8 Å². The molecular formula is C16H14F3NO3. The first-order valence-corrected chi connectivity index (χ1v) is 6.78. The molecule has 1 amide bonds. The average Bonchev–Trinajstić information content (AvgIpc) is 2.48. The molecule has 0 aromatic heterocycles. The van der Waals surface area contributed by atoms with Gasteiger partial charge in [-0.15, -0.1) is 13.2 Å². The van der Waals surface area contributed by atoms with Crippen LogP contribution in [0.15, 0.2) is 48.5 Å². The number of carbonyl (C=O) groups is 1. The quantitative estimate of drug-likeness (QED) is 0.894. The molecule has 2 aromatic rings. The topological polar surface area (TPSA) is 47.6 Å². The van der Waals surface area contributed by atoms with Crippen LogP contribution >= 0.6 is 0 Å². The van der Waals surface area contributed by atoms with Crippen molar-refractivity contribution in [3.8, 4) is 11.5 Å². The first-order chi connectivity index (χ1) is 10.9. The van der Waals surface area contributed by atoms with E-state index in [1.165, 1.54) is 12.1 Å². The average molecular weight is 325 g/mol. The van der Waals surface area contributed by atoms with Gasteiger partial charge in [-0.2, -0.15) is 0 Å². The van der Waals surface area contributed by atoms with Crippen molar-refractivity contribution in [1.29, 1.82) is 0 Å². The molecule has 0 saturated carbocycles. The number of rotatable bonds is 5. The summed E-state index contributed by atoms with van der Waals surface area (Å²) in [6.07, 6.45) is -4.76. The van der Waals surface area contributed by atoms with E-state index in [1.54, 1.807) is 24.3 Å². The number of hydrogen-bond donors (Lipinski definition) is 1. The smallest absolute Gasteiger partial charge is 0.492 e. The van der Waals surface area contributed by atoms with Gasteiger partial charge in [-0.05, 0) is 43.3 Å². The molecule has 0 aliphatic carbocycles. The fourth-order valence-corrected chi connectivity index (χ4v) is 1.85. The SMILES string of the molecule is CCOc1ccccc1NC(=O)c1ccc(OC(F)(F)F)cc1. The summed E-state index contributed by atoms with van der Waals surface area (Å²) < 4.78 is 45.4. The molecule has 0 spiro atoms. The zero-order valence-corrected chi connectivity index (χ0v) is 12.2. The van der Waals surface area contributed by atoms with Crippen molar-refractivity contribution in [3.63, 3.8) is 0 Å². The lowest BCUT2D eigenvalue weighted by atomic mass is 10.2. The molecule has 4 nitrogen and oxygen atoms in total. The van der Waals surface area contributed by atoms with Crippen molar-refractivity contribution in [3.05, 3.63) is 54.1 Å². The molecule has 2 rings (SSSR count). The predicted octanol–water partition coefficient (Wildman–Crippen LogP) is 4.24. The molecule has 1 N–H and O–H groups in total. The highest BCUT2D eigenvalue weighted by atomic mass is 19.4. The standard InChI is InChI=1S/C16H14F3NO3/c1-2-22-14-6-4-3-5-13(14)20-15(21)11-7-9-12(10-8-11)23-16(17,18)19/h3-10H,2H2,1H3,(H,20,21). The number of ether oxygens (including phenoxy) is 2. The molecule has 0 aliphatic heterocycles. The molecule has 2 aromatic carbocycles. The number of halogens is 3. The molecule has 0 aliphatic rings. The van der Waals surface area contributed by atoms with Gasteiger partial charge in [0.15, 0.2) is 0 Å². The van der Waals surface area contributed by atoms with Crippen LogP contribution in [0.3, 0.4) is 0 Å². The summed E-state index contributed by atoms with van der Waals surface area (Å²) in [5, 5.41) is 2.65. The number of para-hydroxylation sites is 2. The van der Waals surface area contributed by atoms with Crippen LogP contribution in [0.4, 0.5) is 18.9 Å². The zero-order chi connectivity index (χ0) is 16.9. The molecule has 0 radical (unpaired) electrons. The summed E-state index contributed by atoms with van der Waals surface area (Å²) >= 11 is 0. The predicted molar refractivity (Wildman–Crippen MR) is 78.7 cm³/mol. The van der Waals surface area contributed by atoms with Gasteiger partial charge in [0.25, 0.3) is 5.91 Å². The highest BCUT2D eigenvalue weighted by molar-refractivity contribution is 6.05. The third-order valence-corrected chi connectivity index (χ3v) is 2.79. The van der Waals surface area contributed by atoms with Crippen LogP contribution in [-0.4, -0.2) is 18.9 Å². The summed E-state index contributed by atoms with van der Waals surface area (Å²) in [7, 11) is 0. The Morgan fingerprint density at radius 2 is 1.74 bits per heavy atom. The summed E-state index contributed by atoms with van der Waals surface area (Å²) in [6.45, 7) is 2.26. The molecular weight excluding hydrogens is 311 g/mol. The van der Waals surface area contributed by atoms with Gasteiger partial charge in [0.05, 0.1) is 12.3 Å². The van der Waals surface area contributed by atoms with Gasteiger partial charge < -0.3 is 14.8 Å². The van der Waals surface area contributed by atoms with Gasteiger partial charge in [0.1, 0.15) is 11.5 Å². The largest absolute Gasteiger partial charge is 0.573 e. The Labute approximate surface area is 130 Å². The van der Waals surface area contributed by atoms with E-state index in [4.69, 9.17) is 4.74 Å². The monoisotopic (exact) mass is 325 g/mol. The number of nitrogens with one attached hydrogen (secondary N) is 1. The van der Waals surface area contributed by atoms with E-state index >= 15 is 0 Å². The van der Waals surface area contributed by atoms with Gasteiger partial charge in [-0.3, -0.25) is 4.79 Å². The van der Waals surface area contributed by atoms with E-state index in [2.05, 4.69) is 10.1 Å². The maximum atomic E-state index is 12.1. The molecule has 23 heavy (non-hydrogen) atoms. The molecule has 0 fully saturated rings. The second-order valence-corrected chi connectivity index (χ2v) is 4.46. The molecule has 0 bridgehead atoms. The number of alkyl halides is 3. The lowest BCUT2D eigenvalue weighted by Gasteiger charge is -2.12.